The summed E-state index contributed by atoms with van der Waals surface area (Å²) in [6.45, 7) is 3.51. The number of carbonyl (C=O) groups excluding carboxylic acids is 3. The fraction of sp³-hybridized carbons (Fsp3) is 0.462. The van der Waals surface area contributed by atoms with Gasteiger partial charge in [-0.25, -0.2) is 17.7 Å². The summed E-state index contributed by atoms with van der Waals surface area (Å²) in [6, 6.07) is -2.44. The predicted molar refractivity (Wildman–Crippen MR) is 91.2 cm³/mol. The molecule has 1 aromatic rings. The third kappa shape index (κ3) is 4.20. The molecule has 2 heterocycles. The molecule has 15 heteroatoms. The van der Waals surface area contributed by atoms with Crippen LogP contribution in [0.2, 0.25) is 0 Å². The molecule has 1 aliphatic heterocycles. The highest BCUT2D eigenvalue weighted by atomic mass is 32.2. The standard InChI is InChI=1S/C13H17N5O8S2/c1-5-7(10(20)18(5)28(23,24)25)16-9(19)8(6-4-27-12(14)15-6)17-26-13(2,3)11(21)22/h4-5,7H,1-3H3,(H2,14,15)(H,16,19)(H,21,22)(H,23,24,25)/p-2/b17-8-. The van der Waals surface area contributed by atoms with Gasteiger partial charge in [-0.15, -0.1) is 11.3 Å². The van der Waals surface area contributed by atoms with Gasteiger partial charge in [0, 0.05) is 5.38 Å². The molecule has 2 unspecified atom stereocenters. The fourth-order valence-electron chi connectivity index (χ4n) is 2.10. The minimum absolute atomic E-state index is 0.0677. The Morgan fingerprint density at radius 2 is 2.07 bits per heavy atom. The van der Waals surface area contributed by atoms with Gasteiger partial charge in [-0.3, -0.25) is 9.59 Å². The topological polar surface area (TPSA) is 207 Å². The number of anilines is 1. The normalized spacial score (nSPS) is 20.5. The number of amides is 2. The van der Waals surface area contributed by atoms with Crippen LogP contribution in [-0.4, -0.2) is 63.4 Å². The van der Waals surface area contributed by atoms with Crippen molar-refractivity contribution in [2.24, 2.45) is 5.16 Å². The molecule has 3 N–H and O–H groups in total. The number of carboxylic acid groups (broad SMARTS) is 1. The van der Waals surface area contributed by atoms with Crippen molar-refractivity contribution >= 4 is 50.3 Å². The molecule has 2 atom stereocenters. The minimum atomic E-state index is -5.01. The predicted octanol–water partition coefficient (Wildman–Crippen LogP) is -2.85. The van der Waals surface area contributed by atoms with E-state index < -0.39 is 51.5 Å². The lowest BCUT2D eigenvalue weighted by atomic mass is 10.0. The fourth-order valence-corrected chi connectivity index (χ4v) is 3.51. The number of nitrogens with two attached hydrogens (primary N) is 1. The van der Waals surface area contributed by atoms with E-state index in [1.807, 2.05) is 0 Å². The van der Waals surface area contributed by atoms with Crippen molar-refractivity contribution < 1.29 is 37.3 Å². The third-order valence-corrected chi connectivity index (χ3v) is 5.37. The van der Waals surface area contributed by atoms with Crippen molar-refractivity contribution in [3.8, 4) is 0 Å². The quantitative estimate of drug-likeness (QED) is 0.195. The number of rotatable bonds is 7. The highest BCUT2D eigenvalue weighted by Crippen LogP contribution is 2.23. The summed E-state index contributed by atoms with van der Waals surface area (Å²) in [7, 11) is -5.01. The van der Waals surface area contributed by atoms with E-state index in [0.29, 0.717) is 0 Å². The van der Waals surface area contributed by atoms with Gasteiger partial charge in [0.15, 0.2) is 26.7 Å². The molecule has 0 saturated carbocycles. The third-order valence-electron chi connectivity index (χ3n) is 3.70. The molecule has 1 aliphatic rings. The molecule has 2 amide bonds. The van der Waals surface area contributed by atoms with Gasteiger partial charge in [0.2, 0.25) is 0 Å². The summed E-state index contributed by atoms with van der Waals surface area (Å²) in [5.74, 6) is -3.75. The summed E-state index contributed by atoms with van der Waals surface area (Å²) in [6.07, 6.45) is 0. The first-order chi connectivity index (χ1) is 12.8. The van der Waals surface area contributed by atoms with E-state index >= 15 is 0 Å². The van der Waals surface area contributed by atoms with Gasteiger partial charge in [-0.05, 0) is 20.8 Å². The van der Waals surface area contributed by atoms with Crippen molar-refractivity contribution in [3.05, 3.63) is 11.1 Å². The van der Waals surface area contributed by atoms with Gasteiger partial charge in [-0.2, -0.15) is 0 Å². The van der Waals surface area contributed by atoms with Crippen LogP contribution in [0.5, 0.6) is 0 Å². The zero-order valence-corrected chi connectivity index (χ0v) is 16.4. The van der Waals surface area contributed by atoms with Gasteiger partial charge in [-0.1, -0.05) is 5.16 Å². The highest BCUT2D eigenvalue weighted by Gasteiger charge is 2.49. The van der Waals surface area contributed by atoms with Crippen molar-refractivity contribution in [1.82, 2.24) is 14.6 Å². The Labute approximate surface area is 163 Å². The van der Waals surface area contributed by atoms with E-state index in [2.05, 4.69) is 15.5 Å². The van der Waals surface area contributed by atoms with E-state index in [9.17, 15) is 32.5 Å². The van der Waals surface area contributed by atoms with Crippen LogP contribution >= 0.6 is 11.3 Å². The zero-order chi connectivity index (χ0) is 21.4. The average Bonchev–Trinajstić information content (AvgIpc) is 2.97. The molecular formula is C13H15N5O8S2-2. The summed E-state index contributed by atoms with van der Waals surface area (Å²) in [4.78, 5) is 44.1. The van der Waals surface area contributed by atoms with Gasteiger partial charge in [0.05, 0.1) is 12.0 Å². The molecular weight excluding hydrogens is 418 g/mol. The SMILES string of the molecule is CC1C(NC(=O)/C(=N\OC(C)(C)C(=O)[O-])c2csc(N)n2)C(=O)N1S(=O)(=O)[O-]. The second-order valence-corrected chi connectivity index (χ2v) is 8.32. The largest absolute Gasteiger partial charge is 0.731 e. The Morgan fingerprint density at radius 3 is 2.50 bits per heavy atom. The Balaban J connectivity index is 2.26. The highest BCUT2D eigenvalue weighted by molar-refractivity contribution is 7.84. The molecule has 28 heavy (non-hydrogen) atoms. The molecule has 0 spiro atoms. The second kappa shape index (κ2) is 7.33. The van der Waals surface area contributed by atoms with Gasteiger partial charge >= 0.3 is 0 Å². The van der Waals surface area contributed by atoms with Crippen molar-refractivity contribution in [1.29, 1.82) is 0 Å². The Kier molecular flexibility index (Phi) is 5.63. The van der Waals surface area contributed by atoms with E-state index in [0.717, 1.165) is 25.2 Å². The lowest BCUT2D eigenvalue weighted by Crippen LogP contribution is -2.71. The number of β-lactam (4-membered cyclic amide) rings is 1. The molecule has 13 nitrogen and oxygen atoms in total. The van der Waals surface area contributed by atoms with Crippen LogP contribution in [0.4, 0.5) is 5.13 Å². The summed E-state index contributed by atoms with van der Waals surface area (Å²) in [5, 5.41) is 18.1. The van der Waals surface area contributed by atoms with E-state index in [1.54, 1.807) is 0 Å². The number of oxime groups is 1. The number of hydrogen-bond donors (Lipinski definition) is 2. The number of carbonyl (C=O) groups is 3. The zero-order valence-electron chi connectivity index (χ0n) is 14.7. The van der Waals surface area contributed by atoms with Crippen molar-refractivity contribution in [3.63, 3.8) is 0 Å². The number of carboxylic acids is 1. The molecule has 0 radical (unpaired) electrons. The second-order valence-electron chi connectivity index (χ2n) is 6.18. The average molecular weight is 433 g/mol. The molecule has 1 aromatic heterocycles. The smallest absolute Gasteiger partial charge is 0.276 e. The Hall–Kier alpha value is -2.78. The molecule has 0 aliphatic carbocycles. The minimum Gasteiger partial charge on any atom is -0.731 e. The molecule has 154 valence electrons. The first-order valence-electron chi connectivity index (χ1n) is 7.54. The van der Waals surface area contributed by atoms with E-state index in [1.165, 1.54) is 12.3 Å². The van der Waals surface area contributed by atoms with E-state index in [-0.39, 0.29) is 15.1 Å². The number of thiazole rings is 1. The van der Waals surface area contributed by atoms with Gasteiger partial charge in [0.1, 0.15) is 11.7 Å². The van der Waals surface area contributed by atoms with Gasteiger partial charge < -0.3 is 30.3 Å². The summed E-state index contributed by atoms with van der Waals surface area (Å²) >= 11 is 0.959. The number of nitrogens with zero attached hydrogens (tertiary/aromatic N) is 3. The molecule has 1 fully saturated rings. The Bertz CT molecular complexity index is 954. The first kappa shape index (κ1) is 21.5. The number of nitrogen functional groups attached to an aromatic ring is 1. The lowest BCUT2D eigenvalue weighted by Gasteiger charge is -2.45. The molecule has 0 aromatic carbocycles. The molecule has 1 saturated heterocycles. The van der Waals surface area contributed by atoms with Gasteiger partial charge in [0.25, 0.3) is 11.8 Å². The number of hydrogen-bond acceptors (Lipinski definition) is 12. The van der Waals surface area contributed by atoms with Crippen LogP contribution in [0.15, 0.2) is 10.5 Å². The maximum Gasteiger partial charge on any atom is 0.276 e. The number of aliphatic carboxylic acids is 1. The first-order valence-corrected chi connectivity index (χ1v) is 9.79. The Morgan fingerprint density at radius 1 is 1.46 bits per heavy atom. The lowest BCUT2D eigenvalue weighted by molar-refractivity contribution is -0.325. The van der Waals surface area contributed by atoms with Crippen LogP contribution in [0.25, 0.3) is 0 Å². The van der Waals surface area contributed by atoms with Crippen LogP contribution in [0.1, 0.15) is 26.5 Å². The van der Waals surface area contributed by atoms with Crippen molar-refractivity contribution in [2.75, 3.05) is 5.73 Å². The molecule has 0 bridgehead atoms. The van der Waals surface area contributed by atoms with E-state index in [4.69, 9.17) is 10.6 Å². The van der Waals surface area contributed by atoms with Crippen LogP contribution in [-0.2, 0) is 29.5 Å². The maximum atomic E-state index is 12.5. The monoisotopic (exact) mass is 433 g/mol. The number of aromatic nitrogens is 1. The molecule has 2 rings (SSSR count). The van der Waals surface area contributed by atoms with Crippen LogP contribution < -0.4 is 16.2 Å². The summed E-state index contributed by atoms with van der Waals surface area (Å²) < 4.78 is 33.1. The van der Waals surface area contributed by atoms with Crippen LogP contribution in [0.3, 0.4) is 0 Å². The number of nitrogens with one attached hydrogen (secondary N) is 1. The van der Waals surface area contributed by atoms with Crippen LogP contribution in [0, 0.1) is 0 Å². The maximum absolute atomic E-state index is 12.5. The summed E-state index contributed by atoms with van der Waals surface area (Å²) in [5.41, 5.74) is 3.04. The van der Waals surface area contributed by atoms with Crippen molar-refractivity contribution in [2.45, 2.75) is 38.5 Å².